The zero-order chi connectivity index (χ0) is 17.7. The van der Waals surface area contributed by atoms with Crippen LogP contribution in [0.2, 0.25) is 0 Å². The first-order valence-electron chi connectivity index (χ1n) is 9.69. The van der Waals surface area contributed by atoms with Crippen molar-refractivity contribution in [3.8, 4) is 0 Å². The van der Waals surface area contributed by atoms with E-state index in [2.05, 4.69) is 23.6 Å². The van der Waals surface area contributed by atoms with Crippen LogP contribution in [0.1, 0.15) is 40.5 Å². The van der Waals surface area contributed by atoms with Crippen molar-refractivity contribution in [2.45, 2.75) is 52.7 Å². The summed E-state index contributed by atoms with van der Waals surface area (Å²) in [6.45, 7) is 16.3. The Labute approximate surface area is 148 Å². The molecule has 2 rings (SSSR count). The van der Waals surface area contributed by atoms with Gasteiger partial charge in [-0.15, -0.1) is 0 Å². The van der Waals surface area contributed by atoms with E-state index in [-0.39, 0.29) is 11.8 Å². The molecule has 0 aromatic rings. The molecule has 0 unspecified atom stereocenters. The highest BCUT2D eigenvalue weighted by atomic mass is 16.5. The van der Waals surface area contributed by atoms with E-state index < -0.39 is 0 Å². The molecule has 1 saturated heterocycles. The molecule has 1 amide bonds. The van der Waals surface area contributed by atoms with Crippen LogP contribution in [0.3, 0.4) is 0 Å². The van der Waals surface area contributed by atoms with E-state index in [1.54, 1.807) is 0 Å². The third kappa shape index (κ3) is 5.71. The first-order chi connectivity index (χ1) is 11.4. The lowest BCUT2D eigenvalue weighted by Crippen LogP contribution is -2.51. The lowest BCUT2D eigenvalue weighted by atomic mass is 9.87. The van der Waals surface area contributed by atoms with Gasteiger partial charge in [-0.2, -0.15) is 0 Å². The van der Waals surface area contributed by atoms with Crippen LogP contribution < -0.4 is 0 Å². The van der Waals surface area contributed by atoms with Crippen LogP contribution in [0.15, 0.2) is 0 Å². The maximum absolute atomic E-state index is 12.0. The fourth-order valence-electron chi connectivity index (χ4n) is 3.64. The number of nitrogens with zero attached hydrogens (tertiary/aromatic N) is 3. The fraction of sp³-hybridized carbons (Fsp3) is 0.947. The van der Waals surface area contributed by atoms with Gasteiger partial charge in [-0.1, -0.05) is 27.7 Å². The van der Waals surface area contributed by atoms with Gasteiger partial charge in [0.25, 0.3) is 0 Å². The molecule has 5 nitrogen and oxygen atoms in total. The Balaban J connectivity index is 1.53. The van der Waals surface area contributed by atoms with Gasteiger partial charge in [0.05, 0.1) is 12.7 Å². The number of piperazine rings is 1. The monoisotopic (exact) mass is 339 g/mol. The zero-order valence-corrected chi connectivity index (χ0v) is 16.3. The van der Waals surface area contributed by atoms with Crippen LogP contribution in [-0.4, -0.2) is 85.7 Å². The minimum atomic E-state index is 0.0873. The van der Waals surface area contributed by atoms with Crippen LogP contribution in [0, 0.1) is 11.8 Å². The van der Waals surface area contributed by atoms with Crippen LogP contribution in [0.5, 0.6) is 0 Å². The molecule has 1 aliphatic carbocycles. The Kier molecular flexibility index (Phi) is 7.51. The number of carbonyl (C=O) groups is 1. The summed E-state index contributed by atoms with van der Waals surface area (Å²) < 4.78 is 6.00. The Morgan fingerprint density at radius 3 is 2.21 bits per heavy atom. The summed E-state index contributed by atoms with van der Waals surface area (Å²) in [6.07, 6.45) is 2.34. The van der Waals surface area contributed by atoms with Gasteiger partial charge in [0.2, 0.25) is 5.91 Å². The van der Waals surface area contributed by atoms with E-state index in [9.17, 15) is 4.79 Å². The predicted molar refractivity (Wildman–Crippen MR) is 98.1 cm³/mol. The minimum Gasteiger partial charge on any atom is -0.377 e. The predicted octanol–water partition coefficient (Wildman–Crippen LogP) is 1.92. The summed E-state index contributed by atoms with van der Waals surface area (Å²) in [5, 5.41) is 0. The molecule has 0 spiro atoms. The third-order valence-electron chi connectivity index (χ3n) is 5.31. The van der Waals surface area contributed by atoms with Crippen molar-refractivity contribution in [1.82, 2.24) is 14.7 Å². The Hall–Kier alpha value is -0.650. The van der Waals surface area contributed by atoms with E-state index in [1.165, 1.54) is 19.6 Å². The van der Waals surface area contributed by atoms with E-state index in [4.69, 9.17) is 4.74 Å². The number of carbonyl (C=O) groups excluding carboxylic acids is 1. The normalized spacial score (nSPS) is 26.0. The van der Waals surface area contributed by atoms with E-state index in [0.717, 1.165) is 45.0 Å². The van der Waals surface area contributed by atoms with Crippen molar-refractivity contribution in [3.63, 3.8) is 0 Å². The second-order valence-electron chi connectivity index (χ2n) is 8.26. The number of ether oxygens (including phenoxy) is 1. The Morgan fingerprint density at radius 2 is 1.67 bits per heavy atom. The molecule has 2 aliphatic rings. The fourth-order valence-corrected chi connectivity index (χ4v) is 3.64. The van der Waals surface area contributed by atoms with Crippen molar-refractivity contribution in [3.05, 3.63) is 0 Å². The van der Waals surface area contributed by atoms with Crippen molar-refractivity contribution in [2.75, 3.05) is 52.9 Å². The highest BCUT2D eigenvalue weighted by Crippen LogP contribution is 2.28. The standard InChI is InChI=1S/C19H37N3O2/c1-15(2)14-22-8-6-21(7-9-22)10-11-24-18-12-17(13-18)20(5)19(23)16(3)4/h15-18H,6-14H2,1-5H3. The highest BCUT2D eigenvalue weighted by Gasteiger charge is 2.35. The summed E-state index contributed by atoms with van der Waals surface area (Å²) in [5.41, 5.74) is 0. The first kappa shape index (κ1) is 19.7. The van der Waals surface area contributed by atoms with Gasteiger partial charge in [-0.25, -0.2) is 0 Å². The molecule has 24 heavy (non-hydrogen) atoms. The van der Waals surface area contributed by atoms with Gasteiger partial charge in [0.15, 0.2) is 0 Å². The third-order valence-corrected chi connectivity index (χ3v) is 5.31. The SMILES string of the molecule is CC(C)CN1CCN(CCOC2CC(N(C)C(=O)C(C)C)C2)CC1. The van der Waals surface area contributed by atoms with Crippen LogP contribution in [0.25, 0.3) is 0 Å². The number of amides is 1. The van der Waals surface area contributed by atoms with Gasteiger partial charge in [-0.05, 0) is 18.8 Å². The molecule has 5 heteroatoms. The molecule has 0 atom stereocenters. The lowest BCUT2D eigenvalue weighted by molar-refractivity contribution is -0.140. The average Bonchev–Trinajstić information content (AvgIpc) is 2.49. The molecule has 0 aromatic carbocycles. The molecule has 0 N–H and O–H groups in total. The molecule has 1 heterocycles. The van der Waals surface area contributed by atoms with Gasteiger partial charge in [0, 0.05) is 58.3 Å². The van der Waals surface area contributed by atoms with Crippen molar-refractivity contribution >= 4 is 5.91 Å². The van der Waals surface area contributed by atoms with Gasteiger partial charge < -0.3 is 14.5 Å². The molecular formula is C19H37N3O2. The molecule has 2 fully saturated rings. The van der Waals surface area contributed by atoms with Crippen molar-refractivity contribution < 1.29 is 9.53 Å². The Morgan fingerprint density at radius 1 is 1.08 bits per heavy atom. The number of hydrogen-bond acceptors (Lipinski definition) is 4. The van der Waals surface area contributed by atoms with Crippen molar-refractivity contribution in [2.24, 2.45) is 11.8 Å². The maximum atomic E-state index is 12.0. The van der Waals surface area contributed by atoms with Gasteiger partial charge >= 0.3 is 0 Å². The molecule has 0 radical (unpaired) electrons. The summed E-state index contributed by atoms with van der Waals surface area (Å²) >= 11 is 0. The molecular weight excluding hydrogens is 302 g/mol. The van der Waals surface area contributed by atoms with E-state index in [0.29, 0.717) is 12.1 Å². The second kappa shape index (κ2) is 9.16. The molecule has 0 bridgehead atoms. The van der Waals surface area contributed by atoms with Crippen LogP contribution in [0.4, 0.5) is 0 Å². The van der Waals surface area contributed by atoms with Crippen LogP contribution in [-0.2, 0) is 9.53 Å². The van der Waals surface area contributed by atoms with E-state index in [1.807, 2.05) is 25.8 Å². The first-order valence-corrected chi connectivity index (χ1v) is 9.69. The summed E-state index contributed by atoms with van der Waals surface area (Å²) in [7, 11) is 1.93. The Bertz CT molecular complexity index is 386. The minimum absolute atomic E-state index is 0.0873. The smallest absolute Gasteiger partial charge is 0.225 e. The molecule has 140 valence electrons. The summed E-state index contributed by atoms with van der Waals surface area (Å²) in [4.78, 5) is 19.0. The molecule has 1 aliphatic heterocycles. The highest BCUT2D eigenvalue weighted by molar-refractivity contribution is 5.78. The number of hydrogen-bond donors (Lipinski definition) is 0. The lowest BCUT2D eigenvalue weighted by Gasteiger charge is -2.42. The molecule has 0 aromatic heterocycles. The molecule has 1 saturated carbocycles. The van der Waals surface area contributed by atoms with Gasteiger partial charge in [-0.3, -0.25) is 9.69 Å². The van der Waals surface area contributed by atoms with Crippen LogP contribution >= 0.6 is 0 Å². The second-order valence-corrected chi connectivity index (χ2v) is 8.26. The quantitative estimate of drug-likeness (QED) is 0.677. The maximum Gasteiger partial charge on any atom is 0.225 e. The van der Waals surface area contributed by atoms with Crippen molar-refractivity contribution in [1.29, 1.82) is 0 Å². The zero-order valence-electron chi connectivity index (χ0n) is 16.3. The summed E-state index contributed by atoms with van der Waals surface area (Å²) in [6, 6.07) is 0.379. The topological polar surface area (TPSA) is 36.0 Å². The van der Waals surface area contributed by atoms with E-state index >= 15 is 0 Å². The number of rotatable bonds is 8. The van der Waals surface area contributed by atoms with Gasteiger partial charge in [0.1, 0.15) is 0 Å². The average molecular weight is 340 g/mol. The summed E-state index contributed by atoms with van der Waals surface area (Å²) in [5.74, 6) is 1.09. The largest absolute Gasteiger partial charge is 0.377 e.